The summed E-state index contributed by atoms with van der Waals surface area (Å²) in [5.74, 6) is 0.0308. The zero-order valence-electron chi connectivity index (χ0n) is 14.3. The lowest BCUT2D eigenvalue weighted by atomic mass is 9.62. The summed E-state index contributed by atoms with van der Waals surface area (Å²) in [6.07, 6.45) is 4.49. The molecule has 1 fully saturated rings. The van der Waals surface area contributed by atoms with Crippen LogP contribution in [0.3, 0.4) is 0 Å². The number of hydrogen-bond acceptors (Lipinski definition) is 5. The molecule has 0 saturated heterocycles. The monoisotopic (exact) mass is 356 g/mol. The first kappa shape index (κ1) is 16.8. The predicted octanol–water partition coefficient (Wildman–Crippen LogP) is 4.44. The molecule has 1 aliphatic carbocycles. The Morgan fingerprint density at radius 1 is 1.08 bits per heavy atom. The Morgan fingerprint density at radius 2 is 1.77 bits per heavy atom. The Balaban J connectivity index is 1.54. The SMILES string of the molecule is Cc1ccc(C2(Cc3ncc(-c4nnc(C(F)F)o4)cn3)CCC2)cc1. The van der Waals surface area contributed by atoms with Crippen LogP contribution in [0.5, 0.6) is 0 Å². The van der Waals surface area contributed by atoms with Gasteiger partial charge in [-0.05, 0) is 25.3 Å². The average molecular weight is 356 g/mol. The fourth-order valence-electron chi connectivity index (χ4n) is 3.38. The van der Waals surface area contributed by atoms with Gasteiger partial charge >= 0.3 is 6.43 Å². The second-order valence-electron chi connectivity index (χ2n) is 6.81. The molecular formula is C19H18F2N4O. The molecule has 134 valence electrons. The molecule has 7 heteroatoms. The number of aromatic nitrogens is 4. The van der Waals surface area contributed by atoms with Crippen molar-refractivity contribution in [2.45, 2.75) is 44.4 Å². The van der Waals surface area contributed by atoms with E-state index in [1.807, 2.05) is 0 Å². The van der Waals surface area contributed by atoms with Crippen molar-refractivity contribution < 1.29 is 13.2 Å². The van der Waals surface area contributed by atoms with Crippen LogP contribution in [0.25, 0.3) is 11.5 Å². The number of halogens is 2. The van der Waals surface area contributed by atoms with Crippen LogP contribution in [0.1, 0.15) is 48.5 Å². The molecule has 0 radical (unpaired) electrons. The van der Waals surface area contributed by atoms with Crippen molar-refractivity contribution in [1.29, 1.82) is 0 Å². The Morgan fingerprint density at radius 3 is 2.31 bits per heavy atom. The molecule has 0 unspecified atom stereocenters. The van der Waals surface area contributed by atoms with E-state index < -0.39 is 12.3 Å². The lowest BCUT2D eigenvalue weighted by Gasteiger charge is -2.42. The molecule has 1 aliphatic rings. The second-order valence-corrected chi connectivity index (χ2v) is 6.81. The van der Waals surface area contributed by atoms with Crippen LogP contribution in [0.2, 0.25) is 0 Å². The molecule has 1 saturated carbocycles. The van der Waals surface area contributed by atoms with E-state index in [0.717, 1.165) is 25.1 Å². The molecule has 0 bridgehead atoms. The van der Waals surface area contributed by atoms with Crippen molar-refractivity contribution in [1.82, 2.24) is 20.2 Å². The van der Waals surface area contributed by atoms with Gasteiger partial charge in [-0.1, -0.05) is 36.2 Å². The lowest BCUT2D eigenvalue weighted by Crippen LogP contribution is -2.37. The van der Waals surface area contributed by atoms with E-state index >= 15 is 0 Å². The van der Waals surface area contributed by atoms with Crippen molar-refractivity contribution >= 4 is 0 Å². The number of aryl methyl sites for hydroxylation is 1. The van der Waals surface area contributed by atoms with E-state index in [9.17, 15) is 8.78 Å². The highest BCUT2D eigenvalue weighted by molar-refractivity contribution is 5.48. The van der Waals surface area contributed by atoms with Crippen LogP contribution < -0.4 is 0 Å². The minimum atomic E-state index is -2.79. The minimum absolute atomic E-state index is 0.00346. The van der Waals surface area contributed by atoms with Gasteiger partial charge in [-0.15, -0.1) is 10.2 Å². The van der Waals surface area contributed by atoms with E-state index in [0.29, 0.717) is 5.56 Å². The standard InChI is InChI=1S/C19H18F2N4O/c1-12-3-5-14(6-4-12)19(7-2-8-19)9-15-22-10-13(11-23-15)17-24-25-18(26-17)16(20)21/h3-6,10-11,16H,2,7-9H2,1H3. The first-order chi connectivity index (χ1) is 12.6. The molecule has 1 aromatic carbocycles. The Labute approximate surface area is 149 Å². The number of hydrogen-bond donors (Lipinski definition) is 0. The highest BCUT2D eigenvalue weighted by Gasteiger charge is 2.39. The van der Waals surface area contributed by atoms with Crippen molar-refractivity contribution in [2.75, 3.05) is 0 Å². The largest absolute Gasteiger partial charge is 0.415 e. The molecule has 0 aliphatic heterocycles. The molecule has 2 aromatic heterocycles. The van der Waals surface area contributed by atoms with E-state index in [4.69, 9.17) is 4.42 Å². The Bertz CT molecular complexity index is 887. The van der Waals surface area contributed by atoms with Crippen LogP contribution in [-0.4, -0.2) is 20.2 Å². The van der Waals surface area contributed by atoms with E-state index in [1.165, 1.54) is 17.5 Å². The number of nitrogens with zero attached hydrogens (tertiary/aromatic N) is 4. The Kier molecular flexibility index (Phi) is 4.22. The molecule has 0 spiro atoms. The molecular weight excluding hydrogens is 338 g/mol. The van der Waals surface area contributed by atoms with Gasteiger partial charge in [0.15, 0.2) is 0 Å². The van der Waals surface area contributed by atoms with Crippen molar-refractivity contribution in [3.05, 3.63) is 59.5 Å². The summed E-state index contributed by atoms with van der Waals surface area (Å²) in [7, 11) is 0. The maximum atomic E-state index is 12.6. The second kappa shape index (κ2) is 6.55. The third-order valence-electron chi connectivity index (χ3n) is 5.05. The highest BCUT2D eigenvalue weighted by Crippen LogP contribution is 2.45. The first-order valence-corrected chi connectivity index (χ1v) is 8.56. The molecule has 0 atom stereocenters. The van der Waals surface area contributed by atoms with Crippen LogP contribution in [0.15, 0.2) is 41.1 Å². The number of rotatable bonds is 5. The van der Waals surface area contributed by atoms with Gasteiger partial charge in [-0.2, -0.15) is 8.78 Å². The van der Waals surface area contributed by atoms with E-state index in [1.54, 1.807) is 12.4 Å². The summed E-state index contributed by atoms with van der Waals surface area (Å²) in [5.41, 5.74) is 3.08. The Hall–Kier alpha value is -2.70. The fraction of sp³-hybridized carbons (Fsp3) is 0.368. The summed E-state index contributed by atoms with van der Waals surface area (Å²) in [4.78, 5) is 8.79. The van der Waals surface area contributed by atoms with Gasteiger partial charge in [-0.25, -0.2) is 9.97 Å². The highest BCUT2D eigenvalue weighted by atomic mass is 19.3. The third-order valence-corrected chi connectivity index (χ3v) is 5.05. The van der Waals surface area contributed by atoms with E-state index in [2.05, 4.69) is 51.4 Å². The molecule has 4 rings (SSSR count). The summed E-state index contributed by atoms with van der Waals surface area (Å²) < 4.78 is 30.0. The molecule has 5 nitrogen and oxygen atoms in total. The van der Waals surface area contributed by atoms with E-state index in [-0.39, 0.29) is 11.3 Å². The van der Waals surface area contributed by atoms with Gasteiger partial charge in [-0.3, -0.25) is 0 Å². The summed E-state index contributed by atoms with van der Waals surface area (Å²) in [6, 6.07) is 8.64. The summed E-state index contributed by atoms with van der Waals surface area (Å²) in [6.45, 7) is 2.08. The topological polar surface area (TPSA) is 64.7 Å². The van der Waals surface area contributed by atoms with Crippen LogP contribution in [-0.2, 0) is 11.8 Å². The van der Waals surface area contributed by atoms with Gasteiger partial charge in [0.1, 0.15) is 5.82 Å². The van der Waals surface area contributed by atoms with Crippen LogP contribution in [0, 0.1) is 6.92 Å². The van der Waals surface area contributed by atoms with Crippen LogP contribution in [0.4, 0.5) is 8.78 Å². The van der Waals surface area contributed by atoms with Crippen molar-refractivity contribution in [2.24, 2.45) is 0 Å². The zero-order chi connectivity index (χ0) is 18.1. The summed E-state index contributed by atoms with van der Waals surface area (Å²) in [5, 5.41) is 6.94. The van der Waals surface area contributed by atoms with Crippen molar-refractivity contribution in [3.8, 4) is 11.5 Å². The van der Waals surface area contributed by atoms with Gasteiger partial charge in [0.05, 0.1) is 5.56 Å². The maximum absolute atomic E-state index is 12.6. The first-order valence-electron chi connectivity index (χ1n) is 8.56. The van der Waals surface area contributed by atoms with Gasteiger partial charge in [0.2, 0.25) is 0 Å². The normalized spacial score (nSPS) is 15.8. The fourth-order valence-corrected chi connectivity index (χ4v) is 3.38. The third kappa shape index (κ3) is 3.09. The number of benzene rings is 1. The van der Waals surface area contributed by atoms with Gasteiger partial charge < -0.3 is 4.42 Å². The molecule has 0 N–H and O–H groups in total. The molecule has 3 aromatic rings. The van der Waals surface area contributed by atoms with Crippen molar-refractivity contribution in [3.63, 3.8) is 0 Å². The predicted molar refractivity (Wildman–Crippen MR) is 90.7 cm³/mol. The number of alkyl halides is 2. The molecule has 0 amide bonds. The van der Waals surface area contributed by atoms with Gasteiger partial charge in [0, 0.05) is 24.2 Å². The minimum Gasteiger partial charge on any atom is -0.415 e. The molecule has 26 heavy (non-hydrogen) atoms. The van der Waals surface area contributed by atoms with Gasteiger partial charge in [0.25, 0.3) is 11.8 Å². The average Bonchev–Trinajstić information content (AvgIpc) is 3.10. The lowest BCUT2D eigenvalue weighted by molar-refractivity contribution is 0.116. The quantitative estimate of drug-likeness (QED) is 0.676. The maximum Gasteiger partial charge on any atom is 0.314 e. The summed E-state index contributed by atoms with van der Waals surface area (Å²) >= 11 is 0. The van der Waals surface area contributed by atoms with Crippen LogP contribution >= 0.6 is 0 Å². The smallest absolute Gasteiger partial charge is 0.314 e. The molecule has 2 heterocycles. The zero-order valence-corrected chi connectivity index (χ0v) is 14.3.